The summed E-state index contributed by atoms with van der Waals surface area (Å²) in [6.45, 7) is 6.52. The number of rotatable bonds is 6. The molecule has 17 heavy (non-hydrogen) atoms. The molecule has 1 fully saturated rings. The topological polar surface area (TPSA) is 53.2 Å². The molecule has 1 aliphatic rings. The van der Waals surface area contributed by atoms with Gasteiger partial charge in [0.25, 0.3) is 0 Å². The zero-order valence-electron chi connectivity index (χ0n) is 11.2. The van der Waals surface area contributed by atoms with E-state index in [1.165, 1.54) is 38.6 Å². The molecule has 2 atom stereocenters. The molecule has 0 aromatic heterocycles. The lowest BCUT2D eigenvalue weighted by Gasteiger charge is -2.21. The number of carbonyl (C=O) groups is 1. The molecule has 1 saturated heterocycles. The van der Waals surface area contributed by atoms with Crippen molar-refractivity contribution in [2.45, 2.75) is 58.0 Å². The molecule has 1 amide bonds. The Morgan fingerprint density at radius 2 is 2.18 bits per heavy atom. The van der Waals surface area contributed by atoms with Crippen molar-refractivity contribution in [1.29, 1.82) is 0 Å². The minimum absolute atomic E-state index is 0.0462. The summed E-state index contributed by atoms with van der Waals surface area (Å²) in [5, 5.41) is 9.86. The minimum Gasteiger partial charge on any atom is -0.355 e. The fourth-order valence-electron chi connectivity index (χ4n) is 2.37. The molecule has 0 spiro atoms. The van der Waals surface area contributed by atoms with Gasteiger partial charge < -0.3 is 16.0 Å². The van der Waals surface area contributed by atoms with E-state index in [0.29, 0.717) is 12.1 Å². The smallest absolute Gasteiger partial charge is 0.216 e. The van der Waals surface area contributed by atoms with Crippen molar-refractivity contribution in [2.75, 3.05) is 19.6 Å². The minimum atomic E-state index is 0.0462. The Morgan fingerprint density at radius 3 is 2.94 bits per heavy atom. The summed E-state index contributed by atoms with van der Waals surface area (Å²) >= 11 is 0. The van der Waals surface area contributed by atoms with E-state index in [4.69, 9.17) is 0 Å². The number of carbonyl (C=O) groups excluding carboxylic acids is 1. The van der Waals surface area contributed by atoms with Gasteiger partial charge in [-0.1, -0.05) is 12.8 Å². The number of hydrogen-bond acceptors (Lipinski definition) is 3. The maximum atomic E-state index is 10.7. The van der Waals surface area contributed by atoms with Crippen LogP contribution < -0.4 is 16.0 Å². The van der Waals surface area contributed by atoms with Crippen LogP contribution in [0.15, 0.2) is 0 Å². The van der Waals surface area contributed by atoms with Crippen molar-refractivity contribution in [3.8, 4) is 0 Å². The summed E-state index contributed by atoms with van der Waals surface area (Å²) in [5.41, 5.74) is 0. The molecule has 2 unspecified atom stereocenters. The highest BCUT2D eigenvalue weighted by molar-refractivity contribution is 5.72. The van der Waals surface area contributed by atoms with Gasteiger partial charge in [0.1, 0.15) is 0 Å². The predicted molar refractivity (Wildman–Crippen MR) is 71.0 cm³/mol. The van der Waals surface area contributed by atoms with Crippen molar-refractivity contribution in [3.63, 3.8) is 0 Å². The lowest BCUT2D eigenvalue weighted by Crippen LogP contribution is -2.39. The predicted octanol–water partition coefficient (Wildman–Crippen LogP) is 1.02. The Morgan fingerprint density at radius 1 is 1.35 bits per heavy atom. The van der Waals surface area contributed by atoms with Crippen LogP contribution in [0.3, 0.4) is 0 Å². The first-order chi connectivity index (χ1) is 8.18. The highest BCUT2D eigenvalue weighted by atomic mass is 16.1. The highest BCUT2D eigenvalue weighted by Gasteiger charge is 2.14. The van der Waals surface area contributed by atoms with Gasteiger partial charge in [0.15, 0.2) is 0 Å². The number of hydrogen-bond donors (Lipinski definition) is 3. The molecule has 1 rings (SSSR count). The molecule has 0 bridgehead atoms. The lowest BCUT2D eigenvalue weighted by molar-refractivity contribution is -0.118. The normalized spacial score (nSPS) is 22.8. The molecule has 4 nitrogen and oxygen atoms in total. The summed E-state index contributed by atoms with van der Waals surface area (Å²) < 4.78 is 0. The van der Waals surface area contributed by atoms with E-state index in [9.17, 15) is 4.79 Å². The van der Waals surface area contributed by atoms with E-state index in [2.05, 4.69) is 22.9 Å². The van der Waals surface area contributed by atoms with Crippen LogP contribution in [0.25, 0.3) is 0 Å². The molecule has 100 valence electrons. The Kier molecular flexibility index (Phi) is 7.21. The van der Waals surface area contributed by atoms with Gasteiger partial charge in [0.05, 0.1) is 0 Å². The summed E-state index contributed by atoms with van der Waals surface area (Å²) in [5.74, 6) is 0.0462. The third-order valence-electron chi connectivity index (χ3n) is 3.29. The highest BCUT2D eigenvalue weighted by Crippen LogP contribution is 2.12. The zero-order valence-corrected chi connectivity index (χ0v) is 11.2. The van der Waals surface area contributed by atoms with Crippen molar-refractivity contribution in [1.82, 2.24) is 16.0 Å². The van der Waals surface area contributed by atoms with Crippen LogP contribution in [0.4, 0.5) is 0 Å². The second-order valence-corrected chi connectivity index (χ2v) is 5.07. The van der Waals surface area contributed by atoms with E-state index >= 15 is 0 Å². The van der Waals surface area contributed by atoms with Crippen molar-refractivity contribution in [3.05, 3.63) is 0 Å². The molecule has 1 heterocycles. The average Bonchev–Trinajstić information content (AvgIpc) is 2.53. The first-order valence-corrected chi connectivity index (χ1v) is 6.89. The van der Waals surface area contributed by atoms with Gasteiger partial charge in [0.2, 0.25) is 5.91 Å². The van der Waals surface area contributed by atoms with Gasteiger partial charge in [-0.05, 0) is 32.7 Å². The third kappa shape index (κ3) is 7.34. The second-order valence-electron chi connectivity index (χ2n) is 5.07. The first kappa shape index (κ1) is 14.5. The van der Waals surface area contributed by atoms with Crippen molar-refractivity contribution < 1.29 is 4.79 Å². The Labute approximate surface area is 105 Å². The van der Waals surface area contributed by atoms with Crippen LogP contribution in [0.5, 0.6) is 0 Å². The van der Waals surface area contributed by atoms with Crippen LogP contribution in [-0.2, 0) is 4.79 Å². The molecule has 3 N–H and O–H groups in total. The lowest BCUT2D eigenvalue weighted by atomic mass is 10.0. The molecule has 0 aromatic carbocycles. The van der Waals surface area contributed by atoms with E-state index in [1.807, 2.05) is 0 Å². The van der Waals surface area contributed by atoms with Gasteiger partial charge in [-0.15, -0.1) is 0 Å². The monoisotopic (exact) mass is 241 g/mol. The van der Waals surface area contributed by atoms with E-state index < -0.39 is 0 Å². The molecule has 0 saturated carbocycles. The molecule has 1 aliphatic heterocycles. The Hall–Kier alpha value is -0.610. The van der Waals surface area contributed by atoms with Gasteiger partial charge in [-0.2, -0.15) is 0 Å². The fraction of sp³-hybridized carbons (Fsp3) is 0.923. The van der Waals surface area contributed by atoms with Crippen LogP contribution in [0.1, 0.15) is 46.0 Å². The molecule has 0 aromatic rings. The third-order valence-corrected chi connectivity index (χ3v) is 3.29. The van der Waals surface area contributed by atoms with Crippen LogP contribution >= 0.6 is 0 Å². The standard InChI is InChI=1S/C13H27N3O/c1-11(14-8-9-15-12(2)17)10-13-6-4-3-5-7-16-13/h11,13-14,16H,3-10H2,1-2H3,(H,15,17). The summed E-state index contributed by atoms with van der Waals surface area (Å²) in [4.78, 5) is 10.7. The van der Waals surface area contributed by atoms with E-state index in [1.54, 1.807) is 6.92 Å². The number of nitrogens with one attached hydrogen (secondary N) is 3. The summed E-state index contributed by atoms with van der Waals surface area (Å²) in [6, 6.07) is 1.18. The van der Waals surface area contributed by atoms with Gasteiger partial charge >= 0.3 is 0 Å². The summed E-state index contributed by atoms with van der Waals surface area (Å²) in [7, 11) is 0. The SMILES string of the molecule is CC(=O)NCCNC(C)CC1CCCCCN1. The largest absolute Gasteiger partial charge is 0.355 e. The van der Waals surface area contributed by atoms with E-state index in [-0.39, 0.29) is 5.91 Å². The van der Waals surface area contributed by atoms with Crippen LogP contribution in [0, 0.1) is 0 Å². The first-order valence-electron chi connectivity index (χ1n) is 6.89. The van der Waals surface area contributed by atoms with Gasteiger partial charge in [-0.25, -0.2) is 0 Å². The van der Waals surface area contributed by atoms with Crippen LogP contribution in [-0.4, -0.2) is 37.6 Å². The maximum absolute atomic E-state index is 10.7. The maximum Gasteiger partial charge on any atom is 0.216 e. The zero-order chi connectivity index (χ0) is 12.5. The van der Waals surface area contributed by atoms with Crippen molar-refractivity contribution in [2.24, 2.45) is 0 Å². The molecule has 4 heteroatoms. The van der Waals surface area contributed by atoms with Gasteiger partial charge in [-0.3, -0.25) is 4.79 Å². The molecular weight excluding hydrogens is 214 g/mol. The molecular formula is C13H27N3O. The van der Waals surface area contributed by atoms with Crippen molar-refractivity contribution >= 4 is 5.91 Å². The quantitative estimate of drug-likeness (QED) is 0.609. The van der Waals surface area contributed by atoms with Gasteiger partial charge in [0, 0.05) is 32.1 Å². The fourth-order valence-corrected chi connectivity index (χ4v) is 2.37. The second kappa shape index (κ2) is 8.48. The van der Waals surface area contributed by atoms with Crippen LogP contribution in [0.2, 0.25) is 0 Å². The Balaban J connectivity index is 2.06. The average molecular weight is 241 g/mol. The molecule has 0 aliphatic carbocycles. The Bertz CT molecular complexity index is 213. The van der Waals surface area contributed by atoms with E-state index in [0.717, 1.165) is 13.1 Å². The number of amides is 1. The molecule has 0 radical (unpaired) electrons. The summed E-state index contributed by atoms with van der Waals surface area (Å²) in [6.07, 6.45) is 6.53.